The van der Waals surface area contributed by atoms with Crippen LogP contribution in [0.25, 0.3) is 0 Å². The summed E-state index contributed by atoms with van der Waals surface area (Å²) in [6, 6.07) is 0. The summed E-state index contributed by atoms with van der Waals surface area (Å²) in [6.07, 6.45) is 0. The summed E-state index contributed by atoms with van der Waals surface area (Å²) in [4.78, 5) is 0. The van der Waals surface area contributed by atoms with Crippen molar-refractivity contribution in [2.75, 3.05) is 23.0 Å². The van der Waals surface area contributed by atoms with Crippen molar-refractivity contribution in [3.63, 3.8) is 0 Å². The minimum Gasteiger partial charge on any atom is -0.144 e. The summed E-state index contributed by atoms with van der Waals surface area (Å²) in [7, 11) is 0. The first-order valence-corrected chi connectivity index (χ1v) is 9.33. The fourth-order valence-electron chi connectivity index (χ4n) is 1.64. The molecule has 0 N–H and O–H groups in total. The summed E-state index contributed by atoms with van der Waals surface area (Å²) in [5.41, 5.74) is 0.621. The zero-order chi connectivity index (χ0) is 11.2. The van der Waals surface area contributed by atoms with Crippen molar-refractivity contribution in [2.24, 2.45) is 5.41 Å². The maximum absolute atomic E-state index is 2.36. The molecule has 0 atom stereocenters. The largest absolute Gasteiger partial charge is 0.144 e. The van der Waals surface area contributed by atoms with Crippen molar-refractivity contribution in [3.8, 4) is 0 Å². The van der Waals surface area contributed by atoms with E-state index in [1.54, 1.807) is 0 Å². The van der Waals surface area contributed by atoms with Crippen molar-refractivity contribution >= 4 is 47.0 Å². The first-order valence-electron chi connectivity index (χ1n) is 5.39. The molecular formula is C11H20S4. The Balaban J connectivity index is 1.95. The predicted molar refractivity (Wildman–Crippen MR) is 80.4 cm³/mol. The van der Waals surface area contributed by atoms with Gasteiger partial charge in [0.05, 0.1) is 8.16 Å². The van der Waals surface area contributed by atoms with E-state index in [-0.39, 0.29) is 0 Å². The standard InChI is InChI=1S/C11H20S4/c1-9(2)12-5-11(6-13-9)7-14-10(3,4)15-8-11/h5-8H2,1-4H3. The molecular weight excluding hydrogens is 260 g/mol. The van der Waals surface area contributed by atoms with E-state index in [1.165, 1.54) is 23.0 Å². The topological polar surface area (TPSA) is 0 Å². The molecule has 2 heterocycles. The molecule has 2 saturated heterocycles. The van der Waals surface area contributed by atoms with Gasteiger partial charge in [-0.05, 0) is 27.7 Å². The Morgan fingerprint density at radius 2 is 0.867 bits per heavy atom. The maximum atomic E-state index is 2.36. The van der Waals surface area contributed by atoms with Crippen LogP contribution in [0.3, 0.4) is 0 Å². The lowest BCUT2D eigenvalue weighted by atomic mass is 9.99. The molecule has 0 saturated carbocycles. The highest BCUT2D eigenvalue weighted by molar-refractivity contribution is 8.20. The SMILES string of the molecule is CC1(C)SCC2(CS1)CSC(C)(C)SC2. The van der Waals surface area contributed by atoms with E-state index in [4.69, 9.17) is 0 Å². The van der Waals surface area contributed by atoms with Crippen LogP contribution >= 0.6 is 47.0 Å². The molecule has 0 aromatic heterocycles. The van der Waals surface area contributed by atoms with E-state index in [0.717, 1.165) is 0 Å². The lowest BCUT2D eigenvalue weighted by molar-refractivity contribution is 0.502. The van der Waals surface area contributed by atoms with Crippen molar-refractivity contribution < 1.29 is 0 Å². The van der Waals surface area contributed by atoms with Gasteiger partial charge in [0.1, 0.15) is 0 Å². The van der Waals surface area contributed by atoms with E-state index >= 15 is 0 Å². The molecule has 0 unspecified atom stereocenters. The smallest absolute Gasteiger partial charge is 0.0555 e. The Hall–Kier alpha value is 1.40. The normalized spacial score (nSPS) is 32.8. The van der Waals surface area contributed by atoms with E-state index < -0.39 is 0 Å². The highest BCUT2D eigenvalue weighted by Gasteiger charge is 2.44. The molecule has 0 bridgehead atoms. The highest BCUT2D eigenvalue weighted by atomic mass is 32.2. The average molecular weight is 281 g/mol. The first-order chi connectivity index (χ1) is 6.83. The van der Waals surface area contributed by atoms with Crippen LogP contribution in [0.1, 0.15) is 27.7 Å². The second-order valence-electron chi connectivity index (χ2n) is 5.45. The summed E-state index contributed by atoms with van der Waals surface area (Å²) in [5.74, 6) is 5.46. The van der Waals surface area contributed by atoms with Gasteiger partial charge in [0, 0.05) is 28.4 Å². The molecule has 0 aliphatic carbocycles. The van der Waals surface area contributed by atoms with Gasteiger partial charge in [-0.15, -0.1) is 47.0 Å². The van der Waals surface area contributed by atoms with Crippen LogP contribution in [-0.4, -0.2) is 31.2 Å². The molecule has 4 heteroatoms. The van der Waals surface area contributed by atoms with Gasteiger partial charge in [0.2, 0.25) is 0 Å². The van der Waals surface area contributed by atoms with Gasteiger partial charge >= 0.3 is 0 Å². The van der Waals surface area contributed by atoms with E-state index in [9.17, 15) is 0 Å². The van der Waals surface area contributed by atoms with Gasteiger partial charge < -0.3 is 0 Å². The van der Waals surface area contributed by atoms with Crippen molar-refractivity contribution in [3.05, 3.63) is 0 Å². The van der Waals surface area contributed by atoms with Gasteiger partial charge in [-0.1, -0.05) is 0 Å². The number of thioether (sulfide) groups is 4. The Kier molecular flexibility index (Phi) is 3.64. The van der Waals surface area contributed by atoms with Crippen molar-refractivity contribution in [2.45, 2.75) is 35.9 Å². The predicted octanol–water partition coefficient (Wildman–Crippen LogP) is 4.41. The maximum Gasteiger partial charge on any atom is 0.0555 e. The van der Waals surface area contributed by atoms with Crippen LogP contribution in [-0.2, 0) is 0 Å². The Morgan fingerprint density at radius 3 is 1.13 bits per heavy atom. The second-order valence-corrected chi connectivity index (χ2v) is 12.4. The lowest BCUT2D eigenvalue weighted by Crippen LogP contribution is -2.43. The Bertz CT molecular complexity index is 197. The molecule has 0 radical (unpaired) electrons. The molecule has 2 aliphatic heterocycles. The molecule has 2 aliphatic rings. The van der Waals surface area contributed by atoms with Crippen LogP contribution in [0.5, 0.6) is 0 Å². The van der Waals surface area contributed by atoms with Crippen LogP contribution in [0.4, 0.5) is 0 Å². The van der Waals surface area contributed by atoms with E-state index in [0.29, 0.717) is 13.6 Å². The van der Waals surface area contributed by atoms with Crippen LogP contribution < -0.4 is 0 Å². The summed E-state index contributed by atoms with van der Waals surface area (Å²) < 4.78 is 0.904. The van der Waals surface area contributed by atoms with Gasteiger partial charge in [0.15, 0.2) is 0 Å². The van der Waals surface area contributed by atoms with Crippen molar-refractivity contribution in [1.29, 1.82) is 0 Å². The van der Waals surface area contributed by atoms with Gasteiger partial charge in [0.25, 0.3) is 0 Å². The van der Waals surface area contributed by atoms with Crippen LogP contribution in [0, 0.1) is 5.41 Å². The fourth-order valence-corrected chi connectivity index (χ4v) is 7.63. The van der Waals surface area contributed by atoms with Crippen LogP contribution in [0.15, 0.2) is 0 Å². The highest BCUT2D eigenvalue weighted by Crippen LogP contribution is 2.55. The van der Waals surface area contributed by atoms with Gasteiger partial charge in [-0.2, -0.15) is 0 Å². The summed E-state index contributed by atoms with van der Waals surface area (Å²) in [5, 5.41) is 0. The molecule has 2 fully saturated rings. The zero-order valence-electron chi connectivity index (χ0n) is 9.96. The minimum absolute atomic E-state index is 0.452. The molecule has 0 aromatic carbocycles. The quantitative estimate of drug-likeness (QED) is 0.644. The zero-order valence-corrected chi connectivity index (χ0v) is 13.2. The van der Waals surface area contributed by atoms with E-state index in [1.807, 2.05) is 0 Å². The van der Waals surface area contributed by atoms with Crippen LogP contribution in [0.2, 0.25) is 0 Å². The Morgan fingerprint density at radius 1 is 0.600 bits per heavy atom. The third-order valence-electron chi connectivity index (χ3n) is 2.90. The number of rotatable bonds is 0. The molecule has 0 nitrogen and oxygen atoms in total. The number of hydrogen-bond donors (Lipinski definition) is 0. The van der Waals surface area contributed by atoms with Gasteiger partial charge in [-0.25, -0.2) is 0 Å². The van der Waals surface area contributed by atoms with E-state index in [2.05, 4.69) is 74.7 Å². The Labute approximate surface area is 111 Å². The molecule has 1 spiro atoms. The fraction of sp³-hybridized carbons (Fsp3) is 1.00. The minimum atomic E-state index is 0.452. The summed E-state index contributed by atoms with van der Waals surface area (Å²) >= 11 is 8.65. The lowest BCUT2D eigenvalue weighted by Gasteiger charge is -2.47. The average Bonchev–Trinajstić information content (AvgIpc) is 2.15. The molecule has 2 rings (SSSR count). The number of hydrogen-bond acceptors (Lipinski definition) is 4. The molecule has 88 valence electrons. The molecule has 0 amide bonds. The first kappa shape index (κ1) is 12.8. The third kappa shape index (κ3) is 3.20. The second kappa shape index (κ2) is 4.25. The third-order valence-corrected chi connectivity index (χ3v) is 10.1. The molecule has 15 heavy (non-hydrogen) atoms. The summed E-state index contributed by atoms with van der Waals surface area (Å²) in [6.45, 7) is 9.45. The van der Waals surface area contributed by atoms with Crippen molar-refractivity contribution in [1.82, 2.24) is 0 Å². The van der Waals surface area contributed by atoms with Gasteiger partial charge in [-0.3, -0.25) is 0 Å². The molecule has 0 aromatic rings. The monoisotopic (exact) mass is 280 g/mol.